The van der Waals surface area contributed by atoms with E-state index in [1.807, 2.05) is 36.7 Å². The summed E-state index contributed by atoms with van der Waals surface area (Å²) in [7, 11) is 0. The van der Waals surface area contributed by atoms with E-state index in [-0.39, 0.29) is 19.5 Å². The van der Waals surface area contributed by atoms with Crippen LogP contribution < -0.4 is 0 Å². The van der Waals surface area contributed by atoms with E-state index in [1.54, 1.807) is 0 Å². The molecule has 0 aromatic carbocycles. The Hall–Kier alpha value is -1.08. The molecule has 2 aromatic heterocycles. The summed E-state index contributed by atoms with van der Waals surface area (Å²) in [6, 6.07) is 8.06. The van der Waals surface area contributed by atoms with Crippen LogP contribution in [-0.4, -0.2) is 9.97 Å². The molecule has 0 amide bonds. The van der Waals surface area contributed by atoms with Crippen LogP contribution in [0.4, 0.5) is 0 Å². The number of pyridine rings is 2. The van der Waals surface area contributed by atoms with Gasteiger partial charge in [-0.25, -0.2) is 0 Å². The van der Waals surface area contributed by atoms with E-state index in [4.69, 9.17) is 0 Å². The number of aryl methyl sites for hydroxylation is 2. The van der Waals surface area contributed by atoms with Crippen molar-refractivity contribution < 1.29 is 19.5 Å². The predicted molar refractivity (Wildman–Crippen MR) is 56.9 cm³/mol. The normalized spacial score (nSPS) is 9.47. The summed E-state index contributed by atoms with van der Waals surface area (Å²) in [5, 5.41) is 0. The first-order valence-corrected chi connectivity index (χ1v) is 4.61. The van der Waals surface area contributed by atoms with Gasteiger partial charge >= 0.3 is 19.5 Å². The molecular formula is C12H12N2Ru+2. The molecule has 76 valence electrons. The zero-order valence-corrected chi connectivity index (χ0v) is 10.5. The maximum absolute atomic E-state index is 4.29. The van der Waals surface area contributed by atoms with Gasteiger partial charge in [-0.2, -0.15) is 0 Å². The molecule has 2 nitrogen and oxygen atoms in total. The minimum atomic E-state index is 0. The molecule has 15 heavy (non-hydrogen) atoms. The first kappa shape index (κ1) is 12.0. The van der Waals surface area contributed by atoms with Crippen LogP contribution in [0, 0.1) is 13.8 Å². The van der Waals surface area contributed by atoms with Crippen molar-refractivity contribution in [2.75, 3.05) is 0 Å². The fraction of sp³-hybridized carbons (Fsp3) is 0.167. The van der Waals surface area contributed by atoms with Crippen molar-refractivity contribution in [3.63, 3.8) is 0 Å². The molecule has 2 rings (SSSR count). The smallest absolute Gasteiger partial charge is 0.255 e. The minimum Gasteiger partial charge on any atom is -0.255 e. The van der Waals surface area contributed by atoms with Gasteiger partial charge in [-0.15, -0.1) is 0 Å². The van der Waals surface area contributed by atoms with Crippen molar-refractivity contribution >= 4 is 0 Å². The molecule has 2 aromatic rings. The van der Waals surface area contributed by atoms with Crippen molar-refractivity contribution in [1.82, 2.24) is 9.97 Å². The number of nitrogens with zero attached hydrogens (tertiary/aromatic N) is 2. The molecular weight excluding hydrogens is 273 g/mol. The van der Waals surface area contributed by atoms with Gasteiger partial charge in [-0.05, 0) is 49.2 Å². The molecule has 2 heterocycles. The maximum Gasteiger partial charge on any atom is 2.00 e. The van der Waals surface area contributed by atoms with Crippen molar-refractivity contribution in [2.24, 2.45) is 0 Å². The van der Waals surface area contributed by atoms with Crippen LogP contribution in [-0.2, 0) is 19.5 Å². The Morgan fingerprint density at radius 3 is 1.53 bits per heavy atom. The molecule has 0 bridgehead atoms. The van der Waals surface area contributed by atoms with Crippen molar-refractivity contribution in [1.29, 1.82) is 0 Å². The van der Waals surface area contributed by atoms with E-state index in [2.05, 4.69) is 23.8 Å². The minimum absolute atomic E-state index is 0. The maximum atomic E-state index is 4.29. The van der Waals surface area contributed by atoms with E-state index in [9.17, 15) is 0 Å². The van der Waals surface area contributed by atoms with Crippen LogP contribution in [0.25, 0.3) is 11.4 Å². The van der Waals surface area contributed by atoms with Crippen LogP contribution >= 0.6 is 0 Å². The largest absolute Gasteiger partial charge is 2.00 e. The van der Waals surface area contributed by atoms with Gasteiger partial charge in [-0.3, -0.25) is 9.97 Å². The zero-order chi connectivity index (χ0) is 9.97. The monoisotopic (exact) mass is 286 g/mol. The molecule has 0 aliphatic carbocycles. The molecule has 0 unspecified atom stereocenters. The summed E-state index contributed by atoms with van der Waals surface area (Å²) in [6.07, 6.45) is 3.63. The number of hydrogen-bond acceptors (Lipinski definition) is 2. The molecule has 3 heteroatoms. The van der Waals surface area contributed by atoms with E-state index in [0.717, 1.165) is 11.4 Å². The molecule has 0 N–H and O–H groups in total. The molecule has 0 fully saturated rings. The predicted octanol–water partition coefficient (Wildman–Crippen LogP) is 2.76. The molecule has 0 saturated carbocycles. The zero-order valence-electron chi connectivity index (χ0n) is 8.71. The van der Waals surface area contributed by atoms with Gasteiger partial charge in [0.15, 0.2) is 0 Å². The van der Waals surface area contributed by atoms with Crippen molar-refractivity contribution in [3.05, 3.63) is 47.8 Å². The average Bonchev–Trinajstić information content (AvgIpc) is 2.18. The standard InChI is InChI=1S/C12H12N2.Ru/c1-9-3-5-13-11(7-9)12-8-10(2)4-6-14-12;/h3-8H,1-2H3;/q;+2. The number of hydrogen-bond donors (Lipinski definition) is 0. The Bertz CT molecular complexity index is 411. The van der Waals surface area contributed by atoms with Gasteiger partial charge in [0.1, 0.15) is 0 Å². The first-order chi connectivity index (χ1) is 6.75. The summed E-state index contributed by atoms with van der Waals surface area (Å²) in [5.74, 6) is 0. The first-order valence-electron chi connectivity index (χ1n) is 4.61. The second-order valence-corrected chi connectivity index (χ2v) is 3.44. The van der Waals surface area contributed by atoms with Gasteiger partial charge < -0.3 is 0 Å². The van der Waals surface area contributed by atoms with Crippen LogP contribution in [0.3, 0.4) is 0 Å². The van der Waals surface area contributed by atoms with Gasteiger partial charge in [0, 0.05) is 12.4 Å². The third-order valence-corrected chi connectivity index (χ3v) is 2.09. The molecule has 0 atom stereocenters. The molecule has 0 radical (unpaired) electrons. The third-order valence-electron chi connectivity index (χ3n) is 2.09. The summed E-state index contributed by atoms with van der Waals surface area (Å²) >= 11 is 0. The molecule has 0 aliphatic rings. The van der Waals surface area contributed by atoms with Crippen molar-refractivity contribution in [3.8, 4) is 11.4 Å². The molecule has 0 aliphatic heterocycles. The van der Waals surface area contributed by atoms with E-state index >= 15 is 0 Å². The second kappa shape index (κ2) is 5.13. The average molecular weight is 285 g/mol. The fourth-order valence-corrected chi connectivity index (χ4v) is 1.35. The van der Waals surface area contributed by atoms with Gasteiger partial charge in [-0.1, -0.05) is 0 Å². The number of rotatable bonds is 1. The number of aromatic nitrogens is 2. The Morgan fingerprint density at radius 1 is 0.800 bits per heavy atom. The van der Waals surface area contributed by atoms with E-state index in [1.165, 1.54) is 11.1 Å². The van der Waals surface area contributed by atoms with Crippen molar-refractivity contribution in [2.45, 2.75) is 13.8 Å². The molecule has 0 saturated heterocycles. The fourth-order valence-electron chi connectivity index (χ4n) is 1.35. The van der Waals surface area contributed by atoms with Crippen LogP contribution in [0.15, 0.2) is 36.7 Å². The Labute approximate surface area is 103 Å². The topological polar surface area (TPSA) is 25.8 Å². The van der Waals surface area contributed by atoms with E-state index in [0.29, 0.717) is 0 Å². The third kappa shape index (κ3) is 2.93. The summed E-state index contributed by atoms with van der Waals surface area (Å²) in [5.41, 5.74) is 4.29. The van der Waals surface area contributed by atoms with Gasteiger partial charge in [0.25, 0.3) is 0 Å². The summed E-state index contributed by atoms with van der Waals surface area (Å²) in [4.78, 5) is 8.58. The quantitative estimate of drug-likeness (QED) is 0.753. The van der Waals surface area contributed by atoms with Crippen LogP contribution in [0.5, 0.6) is 0 Å². The second-order valence-electron chi connectivity index (χ2n) is 3.44. The van der Waals surface area contributed by atoms with Gasteiger partial charge in [0.2, 0.25) is 0 Å². The summed E-state index contributed by atoms with van der Waals surface area (Å²) in [6.45, 7) is 4.11. The Morgan fingerprint density at radius 2 is 1.20 bits per heavy atom. The SMILES string of the molecule is Cc1ccnc(-c2cc(C)ccn2)c1.[Ru+2]. The Balaban J connectivity index is 0.00000112. The van der Waals surface area contributed by atoms with Crippen LogP contribution in [0.2, 0.25) is 0 Å². The van der Waals surface area contributed by atoms with E-state index < -0.39 is 0 Å². The molecule has 0 spiro atoms. The summed E-state index contributed by atoms with van der Waals surface area (Å²) < 4.78 is 0. The van der Waals surface area contributed by atoms with Gasteiger partial charge in [0.05, 0.1) is 11.4 Å². The Kier molecular flexibility index (Phi) is 4.10. The van der Waals surface area contributed by atoms with Crippen LogP contribution in [0.1, 0.15) is 11.1 Å².